The van der Waals surface area contributed by atoms with Crippen molar-refractivity contribution in [3.63, 3.8) is 0 Å². The Kier molecular flexibility index (Phi) is 5.48. The molecule has 1 atom stereocenters. The zero-order valence-electron chi connectivity index (χ0n) is 12.6. The molecule has 0 spiro atoms. The van der Waals surface area contributed by atoms with Crippen LogP contribution in [0.15, 0.2) is 34.9 Å². The summed E-state index contributed by atoms with van der Waals surface area (Å²) in [6.07, 6.45) is 2.82. The number of pyridine rings is 1. The first-order valence-corrected chi connectivity index (χ1v) is 7.93. The van der Waals surface area contributed by atoms with E-state index in [-0.39, 0.29) is 11.9 Å². The van der Waals surface area contributed by atoms with Gasteiger partial charge in [-0.1, -0.05) is 28.9 Å². The van der Waals surface area contributed by atoms with Gasteiger partial charge in [-0.3, -0.25) is 4.98 Å². The molecule has 2 nitrogen and oxygen atoms in total. The third-order valence-electron chi connectivity index (χ3n) is 3.40. The third kappa shape index (κ3) is 3.89. The van der Waals surface area contributed by atoms with E-state index in [1.54, 1.807) is 6.07 Å². The lowest BCUT2D eigenvalue weighted by molar-refractivity contribution is 0.537. The highest BCUT2D eigenvalue weighted by Crippen LogP contribution is 2.28. The second kappa shape index (κ2) is 7.14. The van der Waals surface area contributed by atoms with E-state index in [1.807, 2.05) is 26.1 Å². The van der Waals surface area contributed by atoms with E-state index in [0.717, 1.165) is 34.3 Å². The Morgan fingerprint density at radius 3 is 2.71 bits per heavy atom. The fourth-order valence-corrected chi connectivity index (χ4v) is 2.79. The first-order valence-electron chi connectivity index (χ1n) is 7.14. The van der Waals surface area contributed by atoms with Crippen LogP contribution in [0, 0.1) is 19.7 Å². The van der Waals surface area contributed by atoms with Gasteiger partial charge in [0.2, 0.25) is 0 Å². The first kappa shape index (κ1) is 16.1. The van der Waals surface area contributed by atoms with Crippen molar-refractivity contribution in [1.29, 1.82) is 0 Å². The number of hydrogen-bond acceptors (Lipinski definition) is 2. The molecule has 1 aromatic carbocycles. The summed E-state index contributed by atoms with van der Waals surface area (Å²) in [5, 5.41) is 3.41. The van der Waals surface area contributed by atoms with Crippen LogP contribution < -0.4 is 5.32 Å². The van der Waals surface area contributed by atoms with E-state index in [1.165, 1.54) is 6.07 Å². The minimum atomic E-state index is -0.233. The molecule has 0 bridgehead atoms. The monoisotopic (exact) mass is 350 g/mol. The quantitative estimate of drug-likeness (QED) is 0.845. The summed E-state index contributed by atoms with van der Waals surface area (Å²) in [7, 11) is 0. The summed E-state index contributed by atoms with van der Waals surface area (Å²) in [6, 6.07) is 6.88. The predicted octanol–water partition coefficient (Wildman–Crippen LogP) is 4.69. The zero-order valence-corrected chi connectivity index (χ0v) is 14.2. The molecule has 1 aromatic heterocycles. The van der Waals surface area contributed by atoms with Gasteiger partial charge >= 0.3 is 0 Å². The van der Waals surface area contributed by atoms with Gasteiger partial charge < -0.3 is 5.32 Å². The van der Waals surface area contributed by atoms with Gasteiger partial charge in [-0.15, -0.1) is 0 Å². The van der Waals surface area contributed by atoms with Gasteiger partial charge in [0.25, 0.3) is 0 Å². The SMILES string of the molecule is CCCNC(c1cc(Br)ccc1F)c1ncc(C)cc1C. The zero-order chi connectivity index (χ0) is 15.4. The van der Waals surface area contributed by atoms with Gasteiger partial charge in [0.15, 0.2) is 0 Å². The largest absolute Gasteiger partial charge is 0.305 e. The molecule has 1 heterocycles. The normalized spacial score (nSPS) is 12.4. The average Bonchev–Trinajstić information content (AvgIpc) is 2.44. The highest BCUT2D eigenvalue weighted by Gasteiger charge is 2.20. The van der Waals surface area contributed by atoms with Crippen LogP contribution in [-0.4, -0.2) is 11.5 Å². The van der Waals surface area contributed by atoms with Gasteiger partial charge in [-0.25, -0.2) is 4.39 Å². The molecule has 0 saturated carbocycles. The lowest BCUT2D eigenvalue weighted by atomic mass is 9.98. The van der Waals surface area contributed by atoms with Crippen LogP contribution in [0.4, 0.5) is 4.39 Å². The van der Waals surface area contributed by atoms with Crippen molar-refractivity contribution in [1.82, 2.24) is 10.3 Å². The summed E-state index contributed by atoms with van der Waals surface area (Å²) in [6.45, 7) is 6.94. The van der Waals surface area contributed by atoms with Crippen LogP contribution in [0.1, 0.15) is 41.8 Å². The first-order chi connectivity index (χ1) is 10.0. The summed E-state index contributed by atoms with van der Waals surface area (Å²) in [5.41, 5.74) is 3.69. The molecule has 2 rings (SSSR count). The van der Waals surface area contributed by atoms with Crippen molar-refractivity contribution in [2.75, 3.05) is 6.54 Å². The van der Waals surface area contributed by atoms with Gasteiger partial charge in [0.1, 0.15) is 5.82 Å². The van der Waals surface area contributed by atoms with Crippen LogP contribution in [0.2, 0.25) is 0 Å². The molecule has 0 amide bonds. The van der Waals surface area contributed by atoms with Gasteiger partial charge in [-0.2, -0.15) is 0 Å². The molecule has 1 unspecified atom stereocenters. The van der Waals surface area contributed by atoms with Crippen molar-refractivity contribution < 1.29 is 4.39 Å². The van der Waals surface area contributed by atoms with Crippen LogP contribution in [0.25, 0.3) is 0 Å². The fraction of sp³-hybridized carbons (Fsp3) is 0.353. The molecular formula is C17H20BrFN2. The van der Waals surface area contributed by atoms with Crippen molar-refractivity contribution in [3.8, 4) is 0 Å². The van der Waals surface area contributed by atoms with E-state index >= 15 is 0 Å². The molecule has 112 valence electrons. The summed E-state index contributed by atoms with van der Waals surface area (Å²) in [4.78, 5) is 4.53. The second-order valence-electron chi connectivity index (χ2n) is 5.27. The van der Waals surface area contributed by atoms with E-state index in [9.17, 15) is 4.39 Å². The summed E-state index contributed by atoms with van der Waals surface area (Å²) >= 11 is 3.42. The van der Waals surface area contributed by atoms with E-state index in [2.05, 4.69) is 39.2 Å². The minimum absolute atomic E-state index is 0.214. The van der Waals surface area contributed by atoms with Crippen molar-refractivity contribution >= 4 is 15.9 Å². The Morgan fingerprint density at radius 1 is 1.29 bits per heavy atom. The number of aromatic nitrogens is 1. The Morgan fingerprint density at radius 2 is 2.05 bits per heavy atom. The number of nitrogens with one attached hydrogen (secondary N) is 1. The van der Waals surface area contributed by atoms with E-state index in [0.29, 0.717) is 5.56 Å². The highest BCUT2D eigenvalue weighted by molar-refractivity contribution is 9.10. The van der Waals surface area contributed by atoms with Crippen LogP contribution in [-0.2, 0) is 0 Å². The minimum Gasteiger partial charge on any atom is -0.305 e. The lowest BCUT2D eigenvalue weighted by Gasteiger charge is -2.21. The van der Waals surface area contributed by atoms with E-state index in [4.69, 9.17) is 0 Å². The topological polar surface area (TPSA) is 24.9 Å². The molecule has 0 aliphatic rings. The number of aryl methyl sites for hydroxylation is 2. The Bertz CT molecular complexity index is 628. The standard InChI is InChI=1S/C17H20BrFN2/c1-4-7-20-17(14-9-13(18)5-6-15(14)19)16-12(3)8-11(2)10-21-16/h5-6,8-10,17,20H,4,7H2,1-3H3. The van der Waals surface area contributed by atoms with Crippen LogP contribution >= 0.6 is 15.9 Å². The van der Waals surface area contributed by atoms with Crippen molar-refractivity contribution in [2.24, 2.45) is 0 Å². The highest BCUT2D eigenvalue weighted by atomic mass is 79.9. The number of rotatable bonds is 5. The molecule has 0 radical (unpaired) electrons. The molecule has 2 aromatic rings. The number of hydrogen-bond donors (Lipinski definition) is 1. The molecule has 1 N–H and O–H groups in total. The van der Waals surface area contributed by atoms with Crippen LogP contribution in [0.5, 0.6) is 0 Å². The summed E-state index contributed by atoms with van der Waals surface area (Å²) < 4.78 is 15.1. The maximum atomic E-state index is 14.3. The maximum absolute atomic E-state index is 14.3. The van der Waals surface area contributed by atoms with Gasteiger partial charge in [0, 0.05) is 16.2 Å². The molecule has 4 heteroatoms. The smallest absolute Gasteiger partial charge is 0.128 e. The lowest BCUT2D eigenvalue weighted by Crippen LogP contribution is -2.26. The molecule has 0 aliphatic heterocycles. The van der Waals surface area contributed by atoms with Gasteiger partial charge in [0.05, 0.1) is 11.7 Å². The molecular weight excluding hydrogens is 331 g/mol. The fourth-order valence-electron chi connectivity index (χ4n) is 2.41. The Balaban J connectivity index is 2.49. The molecule has 21 heavy (non-hydrogen) atoms. The Labute approximate surface area is 133 Å². The average molecular weight is 351 g/mol. The molecule has 0 fully saturated rings. The van der Waals surface area contributed by atoms with Gasteiger partial charge in [-0.05, 0) is 56.1 Å². The predicted molar refractivity (Wildman–Crippen MR) is 87.9 cm³/mol. The number of nitrogens with zero attached hydrogens (tertiary/aromatic N) is 1. The second-order valence-corrected chi connectivity index (χ2v) is 6.18. The maximum Gasteiger partial charge on any atom is 0.128 e. The van der Waals surface area contributed by atoms with E-state index < -0.39 is 0 Å². The summed E-state index contributed by atoms with van der Waals surface area (Å²) in [5.74, 6) is -0.214. The van der Waals surface area contributed by atoms with Crippen LogP contribution in [0.3, 0.4) is 0 Å². The number of benzene rings is 1. The van der Waals surface area contributed by atoms with Crippen molar-refractivity contribution in [3.05, 3.63) is 63.1 Å². The number of halogens is 2. The third-order valence-corrected chi connectivity index (χ3v) is 3.89. The Hall–Kier alpha value is -1.26. The van der Waals surface area contributed by atoms with Crippen molar-refractivity contribution in [2.45, 2.75) is 33.2 Å². The molecule has 0 saturated heterocycles. The molecule has 0 aliphatic carbocycles.